The summed E-state index contributed by atoms with van der Waals surface area (Å²) in [5.41, 5.74) is 5.87. The number of imidazole rings is 3. The number of aromatic nitrogens is 9. The van der Waals surface area contributed by atoms with Gasteiger partial charge in [0.05, 0.1) is 35.3 Å². The molecule has 4 aliphatic rings. The standard InChI is InChI=1S/C22H23N5O2.C19H26N4O.C18H26N4O2/c1-14-15(13-23)11-18-20(24-14)27(17-9-6-10-17)21(25-18)26-19(28)12-22(2,29)16-7-4-3-5-8-16;1-13-6-7-14-16(20-13)23(19(3)10-5-11-19)17(21-14)22-15(24)12-18(2)8-4-9-18;1-11-6-9-13-15(19-11)22(17(2,3)4)16(20-13)21-14(23)10-18(5,24)12-7-8-12/h3-5,7-8,11,17,29H,6,9-10,12H2,1-2H3,(H,25,26,28);6-7H,4-5,8-12H2,1-3H3,(H,21,22,24);6,9,12,24H,7-8,10H2,1-5H3,(H,20,21,23)/t22-;;18-/m0.1/s1. The van der Waals surface area contributed by atoms with Crippen LogP contribution in [0.3, 0.4) is 0 Å². The van der Waals surface area contributed by atoms with Gasteiger partial charge in [0.1, 0.15) is 22.6 Å². The van der Waals surface area contributed by atoms with E-state index in [1.807, 2.05) is 86.2 Å². The maximum Gasteiger partial charge on any atom is 0.229 e. The van der Waals surface area contributed by atoms with Gasteiger partial charge in [-0.15, -0.1) is 0 Å². The number of carbonyl (C=O) groups is 3. The molecule has 4 saturated carbocycles. The average Bonchev–Trinajstić information content (AvgIpc) is 4.02. The van der Waals surface area contributed by atoms with Crippen molar-refractivity contribution in [1.82, 2.24) is 43.6 Å². The predicted octanol–water partition coefficient (Wildman–Crippen LogP) is 10.7. The second-order valence-corrected chi connectivity index (χ2v) is 24.2. The van der Waals surface area contributed by atoms with Crippen LogP contribution in [0.1, 0.15) is 173 Å². The summed E-state index contributed by atoms with van der Waals surface area (Å²) >= 11 is 0. The zero-order chi connectivity index (χ0) is 55.2. The smallest absolute Gasteiger partial charge is 0.229 e. The number of aliphatic hydroxyl groups is 2. The number of nitriles is 1. The Kier molecular flexibility index (Phi) is 14.9. The molecule has 3 amide bonds. The molecule has 5 N–H and O–H groups in total. The van der Waals surface area contributed by atoms with Gasteiger partial charge in [-0.3, -0.25) is 44.0 Å². The second-order valence-electron chi connectivity index (χ2n) is 24.2. The number of carbonyl (C=O) groups excluding carboxylic acids is 3. The molecule has 0 spiro atoms. The van der Waals surface area contributed by atoms with Gasteiger partial charge in [0.25, 0.3) is 0 Å². The Morgan fingerprint density at radius 1 is 0.662 bits per heavy atom. The quantitative estimate of drug-likeness (QED) is 0.0724. The predicted molar refractivity (Wildman–Crippen MR) is 298 cm³/mol. The van der Waals surface area contributed by atoms with Crippen molar-refractivity contribution in [2.45, 2.75) is 187 Å². The summed E-state index contributed by atoms with van der Waals surface area (Å²) in [6.07, 6.45) is 12.6. The van der Waals surface area contributed by atoms with E-state index in [4.69, 9.17) is 4.98 Å². The minimum atomic E-state index is -1.29. The third-order valence-electron chi connectivity index (χ3n) is 16.1. The van der Waals surface area contributed by atoms with Crippen molar-refractivity contribution >= 4 is 69.1 Å². The lowest BCUT2D eigenvalue weighted by Crippen LogP contribution is -2.39. The molecule has 0 radical (unpaired) electrons. The van der Waals surface area contributed by atoms with E-state index in [0.717, 1.165) is 91.5 Å². The summed E-state index contributed by atoms with van der Waals surface area (Å²) in [5.74, 6) is 1.32. The van der Waals surface area contributed by atoms with Crippen LogP contribution in [0.5, 0.6) is 0 Å². The first-order valence-electron chi connectivity index (χ1n) is 27.3. The first kappa shape index (κ1) is 54.7. The average molecular weight is 1050 g/mol. The molecule has 11 rings (SSSR count). The Morgan fingerprint density at radius 3 is 1.79 bits per heavy atom. The summed E-state index contributed by atoms with van der Waals surface area (Å²) in [6, 6.07) is 21.0. The third-order valence-corrected chi connectivity index (χ3v) is 16.1. The molecule has 18 heteroatoms. The van der Waals surface area contributed by atoms with Crippen molar-refractivity contribution in [2.75, 3.05) is 16.0 Å². The summed E-state index contributed by atoms with van der Waals surface area (Å²) < 4.78 is 6.07. The fourth-order valence-corrected chi connectivity index (χ4v) is 10.9. The highest BCUT2D eigenvalue weighted by atomic mass is 16.3. The van der Waals surface area contributed by atoms with E-state index in [2.05, 4.69) is 65.4 Å². The summed E-state index contributed by atoms with van der Waals surface area (Å²) in [7, 11) is 0. The Bertz CT molecular complexity index is 3400. The monoisotopic (exact) mass is 1050 g/mol. The molecule has 2 atom stereocenters. The summed E-state index contributed by atoms with van der Waals surface area (Å²) in [5, 5.41) is 39.3. The Hall–Kier alpha value is -7.10. The molecule has 6 aromatic heterocycles. The molecule has 4 fully saturated rings. The van der Waals surface area contributed by atoms with Gasteiger partial charge in [0, 0.05) is 34.9 Å². The van der Waals surface area contributed by atoms with E-state index in [9.17, 15) is 29.9 Å². The lowest BCUT2D eigenvalue weighted by atomic mass is 9.68. The van der Waals surface area contributed by atoms with Gasteiger partial charge < -0.3 is 10.2 Å². The largest absolute Gasteiger partial charge is 0.389 e. The van der Waals surface area contributed by atoms with Crippen LogP contribution in [0.4, 0.5) is 17.8 Å². The van der Waals surface area contributed by atoms with E-state index in [1.165, 1.54) is 12.8 Å². The van der Waals surface area contributed by atoms with Crippen LogP contribution in [0.25, 0.3) is 33.5 Å². The number of hydrogen-bond acceptors (Lipinski definition) is 12. The van der Waals surface area contributed by atoms with Gasteiger partial charge in [0.2, 0.25) is 35.6 Å². The molecular weight excluding hydrogens is 971 g/mol. The van der Waals surface area contributed by atoms with Crippen molar-refractivity contribution in [2.24, 2.45) is 11.3 Å². The third kappa shape index (κ3) is 11.9. The highest BCUT2D eigenvalue weighted by Gasteiger charge is 2.42. The zero-order valence-electron chi connectivity index (χ0n) is 46.4. The normalized spacial score (nSPS) is 18.2. The van der Waals surface area contributed by atoms with Gasteiger partial charge in [0.15, 0.2) is 16.9 Å². The first-order valence-corrected chi connectivity index (χ1v) is 27.3. The summed E-state index contributed by atoms with van der Waals surface area (Å²) in [4.78, 5) is 65.4. The minimum Gasteiger partial charge on any atom is -0.389 e. The van der Waals surface area contributed by atoms with Crippen LogP contribution in [0.2, 0.25) is 0 Å². The van der Waals surface area contributed by atoms with E-state index >= 15 is 0 Å². The van der Waals surface area contributed by atoms with Crippen LogP contribution in [-0.4, -0.2) is 77.1 Å². The van der Waals surface area contributed by atoms with Crippen molar-refractivity contribution in [3.63, 3.8) is 0 Å². The van der Waals surface area contributed by atoms with Crippen molar-refractivity contribution in [1.29, 1.82) is 5.26 Å². The highest BCUT2D eigenvalue weighted by molar-refractivity contribution is 5.93. The van der Waals surface area contributed by atoms with Gasteiger partial charge in [-0.2, -0.15) is 5.26 Å². The van der Waals surface area contributed by atoms with Crippen LogP contribution in [0.15, 0.2) is 60.7 Å². The highest BCUT2D eigenvalue weighted by Crippen LogP contribution is 2.46. The first-order chi connectivity index (χ1) is 36.3. The molecule has 406 valence electrons. The lowest BCUT2D eigenvalue weighted by molar-refractivity contribution is -0.122. The minimum absolute atomic E-state index is 0.0124. The molecule has 18 nitrogen and oxygen atoms in total. The number of amides is 3. The maximum atomic E-state index is 12.8. The molecule has 1 aromatic carbocycles. The SMILES string of the molecule is Cc1ccc2nc(NC(=O)CC3(C)CCC3)n(C3(C)CCC3)c2n1.Cc1ccc2nc(NC(=O)C[C@@](C)(O)C3CC3)n(C(C)(C)C)c2n1.Cc1nc2c(cc1C#N)nc(NC(=O)C[C@](C)(O)c1ccccc1)n2C1CCC1. The Balaban J connectivity index is 0.000000142. The number of nitrogens with one attached hydrogen (secondary N) is 3. The molecule has 7 aromatic rings. The molecule has 0 unspecified atom stereocenters. The van der Waals surface area contributed by atoms with Gasteiger partial charge in [-0.05, 0) is 174 Å². The Labute approximate surface area is 450 Å². The van der Waals surface area contributed by atoms with Gasteiger partial charge in [-0.25, -0.2) is 29.9 Å². The molecule has 77 heavy (non-hydrogen) atoms. The Morgan fingerprint density at radius 2 is 1.23 bits per heavy atom. The van der Waals surface area contributed by atoms with E-state index in [-0.39, 0.29) is 59.0 Å². The zero-order valence-corrected chi connectivity index (χ0v) is 46.4. The maximum absolute atomic E-state index is 12.8. The van der Waals surface area contributed by atoms with Crippen LogP contribution >= 0.6 is 0 Å². The fraction of sp³-hybridized carbons (Fsp3) is 0.525. The van der Waals surface area contributed by atoms with Crippen molar-refractivity contribution < 1.29 is 24.6 Å². The lowest BCUT2D eigenvalue weighted by Gasteiger charge is -2.41. The molecule has 6 heterocycles. The molecule has 0 aliphatic heterocycles. The van der Waals surface area contributed by atoms with Gasteiger partial charge >= 0.3 is 0 Å². The molecule has 0 bridgehead atoms. The van der Waals surface area contributed by atoms with Crippen molar-refractivity contribution in [3.8, 4) is 6.07 Å². The number of hydrogen-bond donors (Lipinski definition) is 5. The van der Waals surface area contributed by atoms with Crippen LogP contribution in [0, 0.1) is 43.4 Å². The van der Waals surface area contributed by atoms with E-state index < -0.39 is 11.2 Å². The number of nitrogens with zero attached hydrogens (tertiary/aromatic N) is 10. The number of pyridine rings is 3. The topological polar surface area (TPSA) is 244 Å². The number of fused-ring (bicyclic) bond motifs is 3. The van der Waals surface area contributed by atoms with E-state index in [1.54, 1.807) is 39.0 Å². The van der Waals surface area contributed by atoms with Crippen molar-refractivity contribution in [3.05, 3.63) is 88.9 Å². The molecule has 0 saturated heterocycles. The molecular formula is C59H75N13O5. The van der Waals surface area contributed by atoms with Crippen LogP contribution in [-0.2, 0) is 31.1 Å². The number of anilines is 3. The van der Waals surface area contributed by atoms with Crippen LogP contribution < -0.4 is 16.0 Å². The molecule has 4 aliphatic carbocycles. The fourth-order valence-electron chi connectivity index (χ4n) is 10.9. The van der Waals surface area contributed by atoms with E-state index in [0.29, 0.717) is 52.3 Å². The number of aryl methyl sites for hydroxylation is 3. The summed E-state index contributed by atoms with van der Waals surface area (Å²) in [6.45, 7) is 19.7. The number of rotatable bonds is 13. The van der Waals surface area contributed by atoms with Gasteiger partial charge in [-0.1, -0.05) is 43.7 Å². The number of benzene rings is 1. The second kappa shape index (κ2) is 21.0.